The predicted octanol–water partition coefficient (Wildman–Crippen LogP) is 3.58. The van der Waals surface area contributed by atoms with Crippen LogP contribution in [0.1, 0.15) is 44.3 Å². The van der Waals surface area contributed by atoms with E-state index >= 15 is 0 Å². The van der Waals surface area contributed by atoms with Crippen LogP contribution in [-0.2, 0) is 0 Å². The van der Waals surface area contributed by atoms with Gasteiger partial charge < -0.3 is 5.32 Å². The monoisotopic (exact) mass is 238 g/mol. The highest BCUT2D eigenvalue weighted by Crippen LogP contribution is 2.35. The van der Waals surface area contributed by atoms with Gasteiger partial charge in [0.1, 0.15) is 0 Å². The van der Waals surface area contributed by atoms with Crippen molar-refractivity contribution in [2.24, 2.45) is 5.92 Å². The molecule has 0 aromatic carbocycles. The molecule has 0 aliphatic heterocycles. The summed E-state index contributed by atoms with van der Waals surface area (Å²) >= 11 is 5.87. The highest BCUT2D eigenvalue weighted by Gasteiger charge is 2.26. The molecule has 16 heavy (non-hydrogen) atoms. The van der Waals surface area contributed by atoms with Gasteiger partial charge in [-0.05, 0) is 37.4 Å². The first-order valence-corrected chi connectivity index (χ1v) is 6.54. The van der Waals surface area contributed by atoms with E-state index in [1.54, 1.807) is 6.20 Å². The van der Waals surface area contributed by atoms with Crippen molar-refractivity contribution in [3.8, 4) is 0 Å². The van der Waals surface area contributed by atoms with E-state index in [-0.39, 0.29) is 0 Å². The van der Waals surface area contributed by atoms with Gasteiger partial charge in [-0.3, -0.25) is 4.98 Å². The molecule has 0 bridgehead atoms. The third-order valence-electron chi connectivity index (χ3n) is 3.36. The Morgan fingerprint density at radius 1 is 1.44 bits per heavy atom. The van der Waals surface area contributed by atoms with Crippen LogP contribution >= 0.6 is 11.6 Å². The zero-order valence-corrected chi connectivity index (χ0v) is 10.5. The van der Waals surface area contributed by atoms with E-state index in [0.29, 0.717) is 11.1 Å². The third kappa shape index (κ3) is 2.74. The van der Waals surface area contributed by atoms with Crippen LogP contribution in [-0.4, -0.2) is 11.5 Å². The summed E-state index contributed by atoms with van der Waals surface area (Å²) in [5.74, 6) is 0.744. The lowest BCUT2D eigenvalue weighted by atomic mass is 9.95. The van der Waals surface area contributed by atoms with Crippen molar-refractivity contribution in [2.75, 3.05) is 6.54 Å². The van der Waals surface area contributed by atoms with Gasteiger partial charge in [0, 0.05) is 6.20 Å². The first-order chi connectivity index (χ1) is 7.81. The van der Waals surface area contributed by atoms with Gasteiger partial charge in [-0.15, -0.1) is 0 Å². The molecule has 1 fully saturated rings. The summed E-state index contributed by atoms with van der Waals surface area (Å²) in [7, 11) is 0. The number of nitrogens with zero attached hydrogens (tertiary/aromatic N) is 1. The van der Waals surface area contributed by atoms with E-state index in [4.69, 9.17) is 11.6 Å². The van der Waals surface area contributed by atoms with Crippen molar-refractivity contribution in [3.05, 3.63) is 29.0 Å². The average Bonchev–Trinajstić information content (AvgIpc) is 2.81. The van der Waals surface area contributed by atoms with Gasteiger partial charge in [-0.2, -0.15) is 0 Å². The van der Waals surface area contributed by atoms with Crippen LogP contribution in [0.5, 0.6) is 0 Å². The molecule has 1 saturated carbocycles. The Labute approximate surface area is 102 Å². The van der Waals surface area contributed by atoms with Crippen LogP contribution in [0, 0.1) is 5.92 Å². The van der Waals surface area contributed by atoms with Gasteiger partial charge in [0.2, 0.25) is 0 Å². The Morgan fingerprint density at radius 2 is 2.19 bits per heavy atom. The zero-order valence-electron chi connectivity index (χ0n) is 9.75. The van der Waals surface area contributed by atoms with Crippen LogP contribution in [0.4, 0.5) is 0 Å². The standard InChI is InChI=1S/C13H19ClN2/c1-2-15-13(10-5-3-4-6-10)12-8-7-11(14)9-16-12/h7-10,13,15H,2-6H2,1H3. The van der Waals surface area contributed by atoms with Gasteiger partial charge >= 0.3 is 0 Å². The SMILES string of the molecule is CCNC(c1ccc(Cl)cn1)C1CCCC1. The lowest BCUT2D eigenvalue weighted by molar-refractivity contribution is 0.367. The minimum absolute atomic E-state index is 0.407. The summed E-state index contributed by atoms with van der Waals surface area (Å²) < 4.78 is 0. The van der Waals surface area contributed by atoms with E-state index in [9.17, 15) is 0 Å². The minimum atomic E-state index is 0.407. The van der Waals surface area contributed by atoms with Crippen LogP contribution in [0.3, 0.4) is 0 Å². The van der Waals surface area contributed by atoms with Crippen LogP contribution in [0.2, 0.25) is 5.02 Å². The van der Waals surface area contributed by atoms with Crippen LogP contribution in [0.25, 0.3) is 0 Å². The molecule has 2 nitrogen and oxygen atoms in total. The highest BCUT2D eigenvalue weighted by atomic mass is 35.5. The van der Waals surface area contributed by atoms with Gasteiger partial charge in [0.05, 0.1) is 16.8 Å². The van der Waals surface area contributed by atoms with Crippen molar-refractivity contribution in [1.82, 2.24) is 10.3 Å². The Kier molecular flexibility index (Phi) is 4.19. The second-order valence-electron chi connectivity index (χ2n) is 4.48. The van der Waals surface area contributed by atoms with E-state index in [0.717, 1.165) is 18.2 Å². The normalized spacial score (nSPS) is 18.9. The second-order valence-corrected chi connectivity index (χ2v) is 4.92. The van der Waals surface area contributed by atoms with Gasteiger partial charge in [0.25, 0.3) is 0 Å². The number of rotatable bonds is 4. The Balaban J connectivity index is 2.14. The fourth-order valence-electron chi connectivity index (χ4n) is 2.59. The molecule has 1 aromatic rings. The van der Waals surface area contributed by atoms with E-state index in [1.807, 2.05) is 12.1 Å². The lowest BCUT2D eigenvalue weighted by Crippen LogP contribution is -2.27. The van der Waals surface area contributed by atoms with Gasteiger partial charge in [-0.25, -0.2) is 0 Å². The number of nitrogens with one attached hydrogen (secondary N) is 1. The van der Waals surface area contributed by atoms with Gasteiger partial charge in [-0.1, -0.05) is 31.4 Å². The van der Waals surface area contributed by atoms with E-state index < -0.39 is 0 Å². The molecule has 1 N–H and O–H groups in total. The molecule has 1 atom stereocenters. The van der Waals surface area contributed by atoms with Crippen molar-refractivity contribution >= 4 is 11.6 Å². The molecule has 0 spiro atoms. The van der Waals surface area contributed by atoms with Crippen molar-refractivity contribution in [1.29, 1.82) is 0 Å². The van der Waals surface area contributed by atoms with Crippen molar-refractivity contribution < 1.29 is 0 Å². The summed E-state index contributed by atoms with van der Waals surface area (Å²) in [5.41, 5.74) is 1.14. The van der Waals surface area contributed by atoms with Crippen LogP contribution < -0.4 is 5.32 Å². The van der Waals surface area contributed by atoms with E-state index in [1.165, 1.54) is 25.7 Å². The topological polar surface area (TPSA) is 24.9 Å². The number of hydrogen-bond acceptors (Lipinski definition) is 2. The molecule has 0 radical (unpaired) electrons. The maximum Gasteiger partial charge on any atom is 0.0589 e. The molecule has 1 aliphatic rings. The Bertz CT molecular complexity index is 317. The Morgan fingerprint density at radius 3 is 2.75 bits per heavy atom. The molecule has 88 valence electrons. The summed E-state index contributed by atoms with van der Waals surface area (Å²) in [6, 6.07) is 4.39. The number of hydrogen-bond donors (Lipinski definition) is 1. The fourth-order valence-corrected chi connectivity index (χ4v) is 2.71. The first-order valence-electron chi connectivity index (χ1n) is 6.16. The molecule has 1 heterocycles. The Hall–Kier alpha value is -0.600. The smallest absolute Gasteiger partial charge is 0.0589 e. The summed E-state index contributed by atoms with van der Waals surface area (Å²) in [6.45, 7) is 3.14. The average molecular weight is 239 g/mol. The molecule has 3 heteroatoms. The summed E-state index contributed by atoms with van der Waals surface area (Å²) in [6.07, 6.45) is 7.11. The fraction of sp³-hybridized carbons (Fsp3) is 0.615. The minimum Gasteiger partial charge on any atom is -0.309 e. The summed E-state index contributed by atoms with van der Waals surface area (Å²) in [4.78, 5) is 4.45. The number of aromatic nitrogens is 1. The molecular weight excluding hydrogens is 220 g/mol. The molecule has 1 aromatic heterocycles. The first kappa shape index (κ1) is 11.9. The molecule has 1 aliphatic carbocycles. The van der Waals surface area contributed by atoms with Gasteiger partial charge in [0.15, 0.2) is 0 Å². The molecule has 1 unspecified atom stereocenters. The second kappa shape index (κ2) is 5.65. The van der Waals surface area contributed by atoms with Crippen LogP contribution in [0.15, 0.2) is 18.3 Å². The number of pyridine rings is 1. The largest absolute Gasteiger partial charge is 0.309 e. The predicted molar refractivity (Wildman–Crippen MR) is 67.6 cm³/mol. The highest BCUT2D eigenvalue weighted by molar-refractivity contribution is 6.30. The number of halogens is 1. The quantitative estimate of drug-likeness (QED) is 0.868. The third-order valence-corrected chi connectivity index (χ3v) is 3.59. The molecule has 0 amide bonds. The summed E-state index contributed by atoms with van der Waals surface area (Å²) in [5, 5.41) is 4.27. The van der Waals surface area contributed by atoms with E-state index in [2.05, 4.69) is 17.2 Å². The maximum absolute atomic E-state index is 5.87. The maximum atomic E-state index is 5.87. The van der Waals surface area contributed by atoms with Crippen molar-refractivity contribution in [3.63, 3.8) is 0 Å². The zero-order chi connectivity index (χ0) is 11.4. The van der Waals surface area contributed by atoms with Crippen molar-refractivity contribution in [2.45, 2.75) is 38.6 Å². The molecule has 0 saturated heterocycles. The lowest BCUT2D eigenvalue weighted by Gasteiger charge is -2.23. The molecular formula is C13H19ClN2. The molecule has 2 rings (SSSR count).